The summed E-state index contributed by atoms with van der Waals surface area (Å²) in [4.78, 5) is 10.8. The van der Waals surface area contributed by atoms with Gasteiger partial charge in [0.15, 0.2) is 0 Å². The van der Waals surface area contributed by atoms with Crippen LogP contribution in [0.25, 0.3) is 0 Å². The van der Waals surface area contributed by atoms with Crippen LogP contribution in [-0.2, 0) is 5.41 Å². The summed E-state index contributed by atoms with van der Waals surface area (Å²) in [5.41, 5.74) is 4.73. The molecule has 31 heavy (non-hydrogen) atoms. The summed E-state index contributed by atoms with van der Waals surface area (Å²) >= 11 is 0. The summed E-state index contributed by atoms with van der Waals surface area (Å²) in [7, 11) is 0. The number of hydrogen-bond acceptors (Lipinski definition) is 4. The van der Waals surface area contributed by atoms with Crippen molar-refractivity contribution in [3.8, 4) is 5.75 Å². The molecule has 1 N–H and O–H groups in total. The molecule has 0 amide bonds. The first-order chi connectivity index (χ1) is 15.0. The Kier molecular flexibility index (Phi) is 4.50. The van der Waals surface area contributed by atoms with Crippen molar-refractivity contribution in [1.82, 2.24) is 0 Å². The quantitative estimate of drug-likeness (QED) is 0.396. The first-order valence-corrected chi connectivity index (χ1v) is 10.8. The van der Waals surface area contributed by atoms with Gasteiger partial charge in [-0.2, -0.15) is 0 Å². The van der Waals surface area contributed by atoms with Crippen molar-refractivity contribution in [2.75, 3.05) is 11.9 Å². The number of nitro groups is 1. The molecule has 5 rings (SSSR count). The van der Waals surface area contributed by atoms with E-state index < -0.39 is 0 Å². The molecule has 0 aromatic heterocycles. The molecule has 5 heteroatoms. The van der Waals surface area contributed by atoms with Gasteiger partial charge in [-0.15, -0.1) is 0 Å². The van der Waals surface area contributed by atoms with Crippen molar-refractivity contribution in [1.29, 1.82) is 0 Å². The lowest BCUT2D eigenvalue weighted by atomic mass is 9.59. The Morgan fingerprint density at radius 3 is 2.32 bits per heavy atom. The second-order valence-electron chi connectivity index (χ2n) is 8.71. The zero-order valence-corrected chi connectivity index (χ0v) is 17.8. The number of hydrogen-bond donors (Lipinski definition) is 1. The Hall–Kier alpha value is -3.34. The van der Waals surface area contributed by atoms with Gasteiger partial charge in [0.2, 0.25) is 0 Å². The average Bonchev–Trinajstić information content (AvgIpc) is 3.59. The molecule has 0 saturated heterocycles. The molecular weight excluding hydrogens is 388 g/mol. The molecule has 0 unspecified atom stereocenters. The van der Waals surface area contributed by atoms with Gasteiger partial charge in [0.05, 0.1) is 17.6 Å². The lowest BCUT2D eigenvalue weighted by Gasteiger charge is -2.50. The molecule has 1 fully saturated rings. The van der Waals surface area contributed by atoms with E-state index in [9.17, 15) is 10.1 Å². The van der Waals surface area contributed by atoms with Crippen LogP contribution in [-0.4, -0.2) is 11.5 Å². The Morgan fingerprint density at radius 2 is 1.71 bits per heavy atom. The highest BCUT2D eigenvalue weighted by molar-refractivity contribution is 5.65. The van der Waals surface area contributed by atoms with E-state index in [1.807, 2.05) is 19.1 Å². The maximum Gasteiger partial charge on any atom is 0.269 e. The fourth-order valence-electron chi connectivity index (χ4n) is 5.50. The number of anilines is 1. The van der Waals surface area contributed by atoms with Crippen molar-refractivity contribution in [2.45, 2.75) is 38.1 Å². The Bertz CT molecular complexity index is 1120. The SMILES string of the molecule is CCOc1ccc([C@@]2(C)c3ccccc3N[C@H](c3ccc([N+](=O)[O-])cc3)C23CC3)cc1. The van der Waals surface area contributed by atoms with Gasteiger partial charge in [-0.3, -0.25) is 10.1 Å². The third-order valence-electron chi connectivity index (χ3n) is 7.28. The first kappa shape index (κ1) is 19.6. The van der Waals surface area contributed by atoms with Gasteiger partial charge in [-0.05, 0) is 54.7 Å². The molecule has 1 saturated carbocycles. The second kappa shape index (κ2) is 7.12. The number of para-hydroxylation sites is 1. The fraction of sp³-hybridized carbons (Fsp3) is 0.308. The third-order valence-corrected chi connectivity index (χ3v) is 7.28. The summed E-state index contributed by atoms with van der Waals surface area (Å²) in [6.07, 6.45) is 2.19. The van der Waals surface area contributed by atoms with Crippen LogP contribution >= 0.6 is 0 Å². The van der Waals surface area contributed by atoms with Crippen molar-refractivity contribution >= 4 is 11.4 Å². The maximum absolute atomic E-state index is 11.1. The fourth-order valence-corrected chi connectivity index (χ4v) is 5.50. The zero-order valence-electron chi connectivity index (χ0n) is 17.8. The number of nitro benzene ring substituents is 1. The van der Waals surface area contributed by atoms with Crippen molar-refractivity contribution in [3.63, 3.8) is 0 Å². The Labute approximate surface area is 182 Å². The molecule has 1 heterocycles. The molecule has 1 spiro atoms. The van der Waals surface area contributed by atoms with Crippen molar-refractivity contribution in [2.24, 2.45) is 5.41 Å². The van der Waals surface area contributed by atoms with E-state index in [2.05, 4.69) is 60.8 Å². The highest BCUT2D eigenvalue weighted by Gasteiger charge is 2.65. The third kappa shape index (κ3) is 2.91. The largest absolute Gasteiger partial charge is 0.494 e. The Morgan fingerprint density at radius 1 is 1.03 bits per heavy atom. The van der Waals surface area contributed by atoms with Gasteiger partial charge in [-0.25, -0.2) is 0 Å². The molecule has 1 aliphatic heterocycles. The van der Waals surface area contributed by atoms with E-state index in [-0.39, 0.29) is 27.5 Å². The standard InChI is InChI=1S/C26H26N2O3/c1-3-31-21-14-10-19(11-15-21)25(2)22-6-4-5-7-23(22)27-24(26(25)16-17-26)18-8-12-20(13-9-18)28(29)30/h4-15,24,27H,3,16-17H2,1-2H3/t24-,25+/m1/s1. The molecule has 1 aliphatic carbocycles. The van der Waals surface area contributed by atoms with Gasteiger partial charge in [0, 0.05) is 28.7 Å². The van der Waals surface area contributed by atoms with Crippen molar-refractivity contribution in [3.05, 3.63) is 99.6 Å². The number of non-ortho nitro benzene ring substituents is 1. The van der Waals surface area contributed by atoms with Crippen molar-refractivity contribution < 1.29 is 9.66 Å². The number of rotatable bonds is 5. The van der Waals surface area contributed by atoms with Gasteiger partial charge in [0.25, 0.3) is 5.69 Å². The number of nitrogens with zero attached hydrogens (tertiary/aromatic N) is 1. The normalized spacial score (nSPS) is 23.0. The maximum atomic E-state index is 11.1. The van der Waals surface area contributed by atoms with Crippen LogP contribution in [0.1, 0.15) is 49.4 Å². The van der Waals surface area contributed by atoms with Crippen LogP contribution < -0.4 is 10.1 Å². The monoisotopic (exact) mass is 414 g/mol. The molecule has 0 bridgehead atoms. The minimum absolute atomic E-state index is 0.00458. The van der Waals surface area contributed by atoms with E-state index in [1.54, 1.807) is 12.1 Å². The van der Waals surface area contributed by atoms with Crippen LogP contribution in [0.5, 0.6) is 5.75 Å². The smallest absolute Gasteiger partial charge is 0.269 e. The zero-order chi connectivity index (χ0) is 21.6. The summed E-state index contributed by atoms with van der Waals surface area (Å²) in [5, 5.41) is 14.9. The van der Waals surface area contributed by atoms with E-state index in [4.69, 9.17) is 4.74 Å². The highest BCUT2D eigenvalue weighted by atomic mass is 16.6. The van der Waals surface area contributed by atoms with E-state index in [1.165, 1.54) is 11.1 Å². The summed E-state index contributed by atoms with van der Waals surface area (Å²) < 4.78 is 5.67. The number of nitrogens with one attached hydrogen (secondary N) is 1. The molecule has 2 aliphatic rings. The molecule has 2 atom stereocenters. The van der Waals surface area contributed by atoms with Crippen LogP contribution in [0.15, 0.2) is 72.8 Å². The molecular formula is C26H26N2O3. The Balaban J connectivity index is 1.64. The predicted octanol–water partition coefficient (Wildman–Crippen LogP) is 6.25. The van der Waals surface area contributed by atoms with E-state index in [0.717, 1.165) is 29.8 Å². The molecule has 0 radical (unpaired) electrons. The minimum atomic E-state index is -0.343. The first-order valence-electron chi connectivity index (χ1n) is 10.8. The summed E-state index contributed by atoms with van der Waals surface area (Å²) in [6, 6.07) is 24.2. The molecule has 3 aromatic carbocycles. The van der Waals surface area contributed by atoms with Gasteiger partial charge in [0.1, 0.15) is 5.75 Å². The van der Waals surface area contributed by atoms with E-state index >= 15 is 0 Å². The van der Waals surface area contributed by atoms with Crippen LogP contribution in [0.4, 0.5) is 11.4 Å². The molecule has 158 valence electrons. The molecule has 5 nitrogen and oxygen atoms in total. The van der Waals surface area contributed by atoms with Crippen LogP contribution in [0, 0.1) is 15.5 Å². The lowest BCUT2D eigenvalue weighted by molar-refractivity contribution is -0.384. The van der Waals surface area contributed by atoms with Gasteiger partial charge < -0.3 is 10.1 Å². The summed E-state index contributed by atoms with van der Waals surface area (Å²) in [6.45, 7) is 5.00. The molecule has 3 aromatic rings. The topological polar surface area (TPSA) is 64.4 Å². The van der Waals surface area contributed by atoms with Crippen LogP contribution in [0.2, 0.25) is 0 Å². The second-order valence-corrected chi connectivity index (χ2v) is 8.71. The average molecular weight is 415 g/mol. The van der Waals surface area contributed by atoms with Crippen LogP contribution in [0.3, 0.4) is 0 Å². The predicted molar refractivity (Wildman–Crippen MR) is 122 cm³/mol. The number of fused-ring (bicyclic) bond motifs is 1. The number of ether oxygens (including phenoxy) is 1. The summed E-state index contributed by atoms with van der Waals surface area (Å²) in [5.74, 6) is 0.883. The number of benzene rings is 3. The minimum Gasteiger partial charge on any atom is -0.494 e. The lowest BCUT2D eigenvalue weighted by Crippen LogP contribution is -2.45. The van der Waals surface area contributed by atoms with E-state index in [0.29, 0.717) is 6.61 Å². The highest BCUT2D eigenvalue weighted by Crippen LogP contribution is 2.71. The van der Waals surface area contributed by atoms with Gasteiger partial charge in [-0.1, -0.05) is 49.4 Å². The van der Waals surface area contributed by atoms with Gasteiger partial charge >= 0.3 is 0 Å².